The molecule has 4 N–H and O–H groups in total. The zero-order chi connectivity index (χ0) is 17.8. The molecule has 0 atom stereocenters. The summed E-state index contributed by atoms with van der Waals surface area (Å²) in [6, 6.07) is 3.01. The Morgan fingerprint density at radius 3 is 1.75 bits per heavy atom. The lowest BCUT2D eigenvalue weighted by atomic mass is 10.3. The fraction of sp³-hybridized carbons (Fsp3) is 0. The van der Waals surface area contributed by atoms with E-state index in [1.165, 1.54) is 24.7 Å². The van der Waals surface area contributed by atoms with Gasteiger partial charge in [-0.05, 0) is 12.1 Å². The monoisotopic (exact) mass is 434 g/mol. The quantitative estimate of drug-likeness (QED) is 0.214. The van der Waals surface area contributed by atoms with E-state index < -0.39 is 0 Å². The first-order valence-corrected chi connectivity index (χ1v) is 6.99. The van der Waals surface area contributed by atoms with E-state index in [0.717, 1.165) is 0 Å². The second-order valence-electron chi connectivity index (χ2n) is 3.44. The van der Waals surface area contributed by atoms with Crippen molar-refractivity contribution >= 4 is 71.3 Å². The average molecular weight is 437 g/mol. The Morgan fingerprint density at radius 1 is 0.958 bits per heavy atom. The SMILES string of the molecule is Cl.NO.O/N=C\c1cnc(Cl)c(Cl)c1.O=Cc1cnc(Cl)c(Cl)c1. The zero-order valence-corrected chi connectivity index (χ0v) is 15.4. The lowest BCUT2D eigenvalue weighted by molar-refractivity contribution is 0.112. The van der Waals surface area contributed by atoms with Gasteiger partial charge < -0.3 is 10.4 Å². The van der Waals surface area contributed by atoms with Crippen LogP contribution in [0.3, 0.4) is 0 Å². The van der Waals surface area contributed by atoms with Gasteiger partial charge in [-0.1, -0.05) is 51.6 Å². The molecule has 2 aromatic rings. The Balaban J connectivity index is 0. The molecule has 7 nitrogen and oxygen atoms in total. The van der Waals surface area contributed by atoms with Crippen LogP contribution in [0.4, 0.5) is 0 Å². The lowest BCUT2D eigenvalue weighted by Crippen LogP contribution is -1.84. The van der Waals surface area contributed by atoms with Crippen molar-refractivity contribution in [1.82, 2.24) is 9.97 Å². The number of rotatable bonds is 2. The Labute approximate surface area is 163 Å². The van der Waals surface area contributed by atoms with Crippen LogP contribution >= 0.6 is 58.8 Å². The van der Waals surface area contributed by atoms with E-state index in [0.29, 0.717) is 27.5 Å². The van der Waals surface area contributed by atoms with Crippen LogP contribution in [-0.4, -0.2) is 32.9 Å². The number of carbonyl (C=O) groups excluding carboxylic acids is 1. The second-order valence-corrected chi connectivity index (χ2v) is 4.98. The summed E-state index contributed by atoms with van der Waals surface area (Å²) in [7, 11) is 0. The molecule has 0 spiro atoms. The topological polar surface area (TPSA) is 122 Å². The highest BCUT2D eigenvalue weighted by Gasteiger charge is 1.98. The number of halogens is 5. The van der Waals surface area contributed by atoms with Gasteiger partial charge in [0, 0.05) is 23.5 Å². The van der Waals surface area contributed by atoms with Crippen LogP contribution in [0.2, 0.25) is 20.4 Å². The van der Waals surface area contributed by atoms with Crippen molar-refractivity contribution in [2.24, 2.45) is 11.1 Å². The molecule has 0 saturated heterocycles. The van der Waals surface area contributed by atoms with Gasteiger partial charge in [0.1, 0.15) is 10.3 Å². The fourth-order valence-electron chi connectivity index (χ4n) is 1.07. The number of nitrogens with zero attached hydrogens (tertiary/aromatic N) is 3. The van der Waals surface area contributed by atoms with Gasteiger partial charge >= 0.3 is 0 Å². The van der Waals surface area contributed by atoms with Gasteiger partial charge in [0.2, 0.25) is 0 Å². The molecule has 24 heavy (non-hydrogen) atoms. The minimum absolute atomic E-state index is 0. The van der Waals surface area contributed by atoms with Crippen molar-refractivity contribution in [1.29, 1.82) is 0 Å². The predicted molar refractivity (Wildman–Crippen MR) is 96.5 cm³/mol. The van der Waals surface area contributed by atoms with Crippen LogP contribution in [-0.2, 0) is 0 Å². The number of aldehydes is 1. The highest BCUT2D eigenvalue weighted by molar-refractivity contribution is 6.41. The number of hydrogen-bond acceptors (Lipinski definition) is 7. The van der Waals surface area contributed by atoms with Crippen LogP contribution in [0.5, 0.6) is 0 Å². The Morgan fingerprint density at radius 2 is 1.38 bits per heavy atom. The third-order valence-corrected chi connectivity index (χ3v) is 3.35. The first-order valence-electron chi connectivity index (χ1n) is 5.48. The highest BCUT2D eigenvalue weighted by atomic mass is 35.5. The molecule has 0 fully saturated rings. The van der Waals surface area contributed by atoms with Crippen molar-refractivity contribution in [2.45, 2.75) is 0 Å². The molecule has 12 heteroatoms. The first-order chi connectivity index (χ1) is 11.0. The van der Waals surface area contributed by atoms with Gasteiger partial charge in [-0.3, -0.25) is 4.79 Å². The first kappa shape index (κ1) is 25.1. The van der Waals surface area contributed by atoms with Gasteiger partial charge in [-0.2, -0.15) is 0 Å². The zero-order valence-electron chi connectivity index (χ0n) is 11.6. The third-order valence-electron chi connectivity index (χ3n) is 1.98. The molecule has 0 unspecified atom stereocenters. The molecule has 0 amide bonds. The van der Waals surface area contributed by atoms with E-state index in [-0.39, 0.29) is 22.7 Å². The molecule has 0 radical (unpaired) electrons. The van der Waals surface area contributed by atoms with E-state index in [4.69, 9.17) is 56.8 Å². The average Bonchev–Trinajstić information content (AvgIpc) is 2.56. The van der Waals surface area contributed by atoms with Crippen molar-refractivity contribution in [3.63, 3.8) is 0 Å². The molecule has 0 bridgehead atoms. The highest BCUT2D eigenvalue weighted by Crippen LogP contribution is 2.19. The van der Waals surface area contributed by atoms with Crippen LogP contribution in [0.1, 0.15) is 15.9 Å². The van der Waals surface area contributed by atoms with E-state index in [1.807, 2.05) is 0 Å². The Hall–Kier alpha value is -1.19. The van der Waals surface area contributed by atoms with Gasteiger partial charge in [0.25, 0.3) is 0 Å². The summed E-state index contributed by atoms with van der Waals surface area (Å²) in [4.78, 5) is 17.5. The summed E-state index contributed by atoms with van der Waals surface area (Å²) in [6.07, 6.45) is 4.69. The molecule has 0 saturated carbocycles. The predicted octanol–water partition coefficient (Wildman–Crippen LogP) is 4.15. The molecule has 0 aliphatic heterocycles. The molecule has 2 rings (SSSR count). The van der Waals surface area contributed by atoms with Crippen molar-refractivity contribution in [2.75, 3.05) is 0 Å². The molecule has 0 aromatic carbocycles. The largest absolute Gasteiger partial charge is 0.411 e. The minimum atomic E-state index is 0. The van der Waals surface area contributed by atoms with Crippen LogP contribution in [0.15, 0.2) is 29.7 Å². The molecular formula is C12H11Cl5N4O3. The summed E-state index contributed by atoms with van der Waals surface area (Å²) in [5.41, 5.74) is 1.02. The standard InChI is InChI=1S/C6H4Cl2N2O.C6H3Cl2NO.ClH.H3NO/c7-5-1-4(3-10-11)2-9-6(5)8;7-5-1-4(3-10)2-9-6(5)8;;1-2/h1-3,11H;1-3H;1H;2H,1H2/b10-3-;;;. The number of oxime groups is 1. The molecule has 132 valence electrons. The summed E-state index contributed by atoms with van der Waals surface area (Å²) in [5.74, 6) is 3.50. The molecule has 0 aliphatic rings. The van der Waals surface area contributed by atoms with Crippen molar-refractivity contribution < 1.29 is 15.2 Å². The minimum Gasteiger partial charge on any atom is -0.411 e. The van der Waals surface area contributed by atoms with E-state index in [1.54, 1.807) is 6.07 Å². The summed E-state index contributed by atoms with van der Waals surface area (Å²) < 4.78 is 0. The maximum atomic E-state index is 10.1. The van der Waals surface area contributed by atoms with Crippen LogP contribution in [0.25, 0.3) is 0 Å². The van der Waals surface area contributed by atoms with E-state index in [2.05, 4.69) is 21.0 Å². The lowest BCUT2D eigenvalue weighted by Gasteiger charge is -1.94. The fourth-order valence-corrected chi connectivity index (χ4v) is 1.63. The second kappa shape index (κ2) is 14.2. The summed E-state index contributed by atoms with van der Waals surface area (Å²) in [6.45, 7) is 0. The van der Waals surface area contributed by atoms with Gasteiger partial charge in [0.15, 0.2) is 6.29 Å². The maximum Gasteiger partial charge on any atom is 0.151 e. The van der Waals surface area contributed by atoms with Crippen molar-refractivity contribution in [3.8, 4) is 0 Å². The molecule has 0 aliphatic carbocycles. The number of pyridine rings is 2. The molecular weight excluding hydrogens is 425 g/mol. The Bertz CT molecular complexity index is 673. The summed E-state index contributed by atoms with van der Waals surface area (Å²) >= 11 is 22.2. The Kier molecular flexibility index (Phi) is 14.8. The van der Waals surface area contributed by atoms with E-state index >= 15 is 0 Å². The number of nitrogens with two attached hydrogens (primary N) is 1. The van der Waals surface area contributed by atoms with Gasteiger partial charge in [0.05, 0.1) is 16.3 Å². The molecule has 2 heterocycles. The van der Waals surface area contributed by atoms with Gasteiger partial charge in [-0.25, -0.2) is 15.9 Å². The molecule has 2 aromatic heterocycles. The van der Waals surface area contributed by atoms with Crippen LogP contribution in [0, 0.1) is 0 Å². The number of carbonyl (C=O) groups is 1. The van der Waals surface area contributed by atoms with Crippen LogP contribution < -0.4 is 5.90 Å². The van der Waals surface area contributed by atoms with E-state index in [9.17, 15) is 4.79 Å². The normalized spacial score (nSPS) is 9.08. The number of aromatic nitrogens is 2. The number of hydrogen-bond donors (Lipinski definition) is 3. The summed E-state index contributed by atoms with van der Waals surface area (Å²) in [5, 5.41) is 18.5. The maximum absolute atomic E-state index is 10.1. The smallest absolute Gasteiger partial charge is 0.151 e. The van der Waals surface area contributed by atoms with Gasteiger partial charge in [-0.15, -0.1) is 12.4 Å². The van der Waals surface area contributed by atoms with Crippen molar-refractivity contribution in [3.05, 3.63) is 56.0 Å². The third kappa shape index (κ3) is 9.19.